The van der Waals surface area contributed by atoms with Crippen LogP contribution in [-0.4, -0.2) is 16.7 Å². The standard InChI is InChI=1S/C17H12Cl2N2O2S/c1-9(12-8-15(18)24-16(12)19)20-21-17(23)13-6-10-4-2-3-5-11(10)7-14(13)22/h2-8,22H,1H3,(H,21,23)/b20-9-. The van der Waals surface area contributed by atoms with E-state index in [4.69, 9.17) is 23.2 Å². The molecular weight excluding hydrogens is 367 g/mol. The number of hydrogen-bond acceptors (Lipinski definition) is 4. The number of phenolic OH excluding ortho intramolecular Hbond substituents is 1. The summed E-state index contributed by atoms with van der Waals surface area (Å²) < 4.78 is 1.05. The number of phenols is 1. The van der Waals surface area contributed by atoms with Crippen molar-refractivity contribution < 1.29 is 9.90 Å². The number of amides is 1. The summed E-state index contributed by atoms with van der Waals surface area (Å²) in [4.78, 5) is 12.3. The number of nitrogens with zero attached hydrogens (tertiary/aromatic N) is 1. The Balaban J connectivity index is 1.86. The zero-order chi connectivity index (χ0) is 17.3. The zero-order valence-electron chi connectivity index (χ0n) is 12.5. The first kappa shape index (κ1) is 16.8. The maximum absolute atomic E-state index is 12.3. The van der Waals surface area contributed by atoms with Crippen LogP contribution in [0.2, 0.25) is 8.67 Å². The summed E-state index contributed by atoms with van der Waals surface area (Å²) in [6.07, 6.45) is 0. The molecule has 7 heteroatoms. The predicted octanol–water partition coefficient (Wildman–Crippen LogP) is 5.07. The Kier molecular flexibility index (Phi) is 4.76. The average molecular weight is 379 g/mol. The molecule has 2 aromatic carbocycles. The third kappa shape index (κ3) is 3.38. The molecule has 0 spiro atoms. The Labute approximate surface area is 152 Å². The van der Waals surface area contributed by atoms with E-state index in [1.807, 2.05) is 24.3 Å². The lowest BCUT2D eigenvalue weighted by Gasteiger charge is -2.06. The molecule has 0 fully saturated rings. The second-order valence-electron chi connectivity index (χ2n) is 5.09. The first-order chi connectivity index (χ1) is 11.5. The largest absolute Gasteiger partial charge is 0.507 e. The molecule has 122 valence electrons. The van der Waals surface area contributed by atoms with Gasteiger partial charge in [0.15, 0.2) is 0 Å². The van der Waals surface area contributed by atoms with Crippen molar-refractivity contribution in [1.29, 1.82) is 0 Å². The smallest absolute Gasteiger partial charge is 0.275 e. The maximum Gasteiger partial charge on any atom is 0.275 e. The maximum atomic E-state index is 12.3. The van der Waals surface area contributed by atoms with Crippen LogP contribution in [0.15, 0.2) is 47.6 Å². The number of nitrogens with one attached hydrogen (secondary N) is 1. The van der Waals surface area contributed by atoms with Gasteiger partial charge < -0.3 is 5.11 Å². The summed E-state index contributed by atoms with van der Waals surface area (Å²) in [6, 6.07) is 12.3. The fraction of sp³-hybridized carbons (Fsp3) is 0.0588. The third-order valence-corrected chi connectivity index (χ3v) is 4.97. The van der Waals surface area contributed by atoms with Crippen molar-refractivity contribution in [2.24, 2.45) is 5.10 Å². The van der Waals surface area contributed by atoms with Crippen molar-refractivity contribution >= 4 is 56.9 Å². The lowest BCUT2D eigenvalue weighted by Crippen LogP contribution is -2.19. The van der Waals surface area contributed by atoms with Gasteiger partial charge in [-0.1, -0.05) is 47.5 Å². The molecule has 4 nitrogen and oxygen atoms in total. The van der Waals surface area contributed by atoms with E-state index in [0.29, 0.717) is 19.9 Å². The number of fused-ring (bicyclic) bond motifs is 1. The van der Waals surface area contributed by atoms with Crippen LogP contribution in [0.5, 0.6) is 5.75 Å². The number of aromatic hydroxyl groups is 1. The first-order valence-corrected chi connectivity index (χ1v) is 8.54. The van der Waals surface area contributed by atoms with Gasteiger partial charge in [0.25, 0.3) is 5.91 Å². The van der Waals surface area contributed by atoms with Gasteiger partial charge in [-0.05, 0) is 35.9 Å². The van der Waals surface area contributed by atoms with Gasteiger partial charge in [-0.2, -0.15) is 5.10 Å². The van der Waals surface area contributed by atoms with E-state index in [0.717, 1.165) is 10.8 Å². The molecule has 1 amide bonds. The Bertz CT molecular complexity index is 966. The topological polar surface area (TPSA) is 61.7 Å². The summed E-state index contributed by atoms with van der Waals surface area (Å²) in [7, 11) is 0. The molecule has 0 aliphatic heterocycles. The number of carbonyl (C=O) groups is 1. The molecule has 0 bridgehead atoms. The Morgan fingerprint density at radius 2 is 1.79 bits per heavy atom. The van der Waals surface area contributed by atoms with Crippen molar-refractivity contribution in [2.75, 3.05) is 0 Å². The molecule has 0 aliphatic rings. The monoisotopic (exact) mass is 378 g/mol. The van der Waals surface area contributed by atoms with Gasteiger partial charge in [0, 0.05) is 5.56 Å². The number of carbonyl (C=O) groups excluding carboxylic acids is 1. The highest BCUT2D eigenvalue weighted by molar-refractivity contribution is 7.20. The molecule has 24 heavy (non-hydrogen) atoms. The van der Waals surface area contributed by atoms with Crippen molar-refractivity contribution in [3.8, 4) is 5.75 Å². The van der Waals surface area contributed by atoms with E-state index in [1.54, 1.807) is 25.1 Å². The molecule has 0 saturated heterocycles. The lowest BCUT2D eigenvalue weighted by molar-refractivity contribution is 0.0952. The third-order valence-electron chi connectivity index (χ3n) is 3.48. The van der Waals surface area contributed by atoms with Crippen molar-refractivity contribution in [2.45, 2.75) is 6.92 Å². The van der Waals surface area contributed by atoms with Crippen molar-refractivity contribution in [3.63, 3.8) is 0 Å². The van der Waals surface area contributed by atoms with E-state index in [2.05, 4.69) is 10.5 Å². The molecule has 0 atom stereocenters. The quantitative estimate of drug-likeness (QED) is 0.493. The fourth-order valence-corrected chi connectivity index (χ4v) is 3.82. The van der Waals surface area contributed by atoms with E-state index in [-0.39, 0.29) is 11.3 Å². The van der Waals surface area contributed by atoms with Crippen LogP contribution in [0.25, 0.3) is 10.8 Å². The summed E-state index contributed by atoms with van der Waals surface area (Å²) >= 11 is 13.2. The highest BCUT2D eigenvalue weighted by Gasteiger charge is 2.13. The minimum Gasteiger partial charge on any atom is -0.507 e. The van der Waals surface area contributed by atoms with Gasteiger partial charge in [-0.25, -0.2) is 5.43 Å². The Morgan fingerprint density at radius 3 is 2.42 bits per heavy atom. The highest BCUT2D eigenvalue weighted by atomic mass is 35.5. The zero-order valence-corrected chi connectivity index (χ0v) is 14.8. The molecule has 3 aromatic rings. The van der Waals surface area contributed by atoms with Gasteiger partial charge in [0.05, 0.1) is 15.6 Å². The van der Waals surface area contributed by atoms with Gasteiger partial charge in [-0.15, -0.1) is 11.3 Å². The number of halogens is 2. The predicted molar refractivity (Wildman–Crippen MR) is 99.6 cm³/mol. The molecule has 0 aliphatic carbocycles. The molecule has 0 radical (unpaired) electrons. The van der Waals surface area contributed by atoms with Gasteiger partial charge in [0.2, 0.25) is 0 Å². The number of hydrazone groups is 1. The molecule has 0 saturated carbocycles. The van der Waals surface area contributed by atoms with Gasteiger partial charge in [-0.3, -0.25) is 4.79 Å². The molecule has 3 rings (SSSR count). The van der Waals surface area contributed by atoms with Crippen molar-refractivity contribution in [1.82, 2.24) is 5.43 Å². The summed E-state index contributed by atoms with van der Waals surface area (Å²) in [5.74, 6) is -0.606. The van der Waals surface area contributed by atoms with Gasteiger partial charge >= 0.3 is 0 Å². The average Bonchev–Trinajstić information content (AvgIpc) is 2.90. The Morgan fingerprint density at radius 1 is 1.12 bits per heavy atom. The summed E-state index contributed by atoms with van der Waals surface area (Å²) in [6.45, 7) is 1.71. The minimum absolute atomic E-state index is 0.101. The molecule has 1 heterocycles. The number of benzene rings is 2. The second kappa shape index (κ2) is 6.81. The Hall–Kier alpha value is -2.08. The van der Waals surface area contributed by atoms with Crippen LogP contribution >= 0.6 is 34.5 Å². The SMILES string of the molecule is C/C(=N/NC(=O)c1cc2ccccc2cc1O)c1cc(Cl)sc1Cl. The van der Waals surface area contributed by atoms with Crippen LogP contribution in [0.4, 0.5) is 0 Å². The fourth-order valence-electron chi connectivity index (χ4n) is 2.25. The van der Waals surface area contributed by atoms with Crippen LogP contribution in [0, 0.1) is 0 Å². The van der Waals surface area contributed by atoms with Crippen LogP contribution in [0.1, 0.15) is 22.8 Å². The van der Waals surface area contributed by atoms with Gasteiger partial charge in [0.1, 0.15) is 10.1 Å². The number of rotatable bonds is 3. The van der Waals surface area contributed by atoms with E-state index in [1.165, 1.54) is 11.3 Å². The molecule has 0 unspecified atom stereocenters. The van der Waals surface area contributed by atoms with E-state index < -0.39 is 5.91 Å². The van der Waals surface area contributed by atoms with Crippen LogP contribution in [0.3, 0.4) is 0 Å². The first-order valence-electron chi connectivity index (χ1n) is 6.97. The molecule has 2 N–H and O–H groups in total. The van der Waals surface area contributed by atoms with Crippen LogP contribution in [-0.2, 0) is 0 Å². The number of thiophene rings is 1. The van der Waals surface area contributed by atoms with Crippen molar-refractivity contribution in [3.05, 3.63) is 62.3 Å². The summed E-state index contributed by atoms with van der Waals surface area (Å²) in [5.41, 5.74) is 3.77. The normalized spacial score (nSPS) is 11.7. The minimum atomic E-state index is -0.505. The van der Waals surface area contributed by atoms with E-state index in [9.17, 15) is 9.90 Å². The number of hydrogen-bond donors (Lipinski definition) is 2. The molecular formula is C17H12Cl2N2O2S. The van der Waals surface area contributed by atoms with Crippen LogP contribution < -0.4 is 5.43 Å². The molecule has 1 aromatic heterocycles. The van der Waals surface area contributed by atoms with E-state index >= 15 is 0 Å². The summed E-state index contributed by atoms with van der Waals surface area (Å²) in [5, 5.41) is 15.8. The lowest BCUT2D eigenvalue weighted by atomic mass is 10.1. The highest BCUT2D eigenvalue weighted by Crippen LogP contribution is 2.31. The second-order valence-corrected chi connectivity index (χ2v) is 7.38.